The Kier molecular flexibility index (Phi) is 8.16. The summed E-state index contributed by atoms with van der Waals surface area (Å²) in [5, 5.41) is 11.6. The number of rotatable bonds is 10. The van der Waals surface area contributed by atoms with E-state index in [1.807, 2.05) is 18.2 Å². The van der Waals surface area contributed by atoms with Gasteiger partial charge in [-0.1, -0.05) is 50.9 Å². The number of amides is 1. The van der Waals surface area contributed by atoms with Gasteiger partial charge in [0.05, 0.1) is 5.75 Å². The van der Waals surface area contributed by atoms with Crippen LogP contribution >= 0.6 is 11.8 Å². The molecule has 0 fully saturated rings. The molecule has 1 heterocycles. The predicted molar refractivity (Wildman–Crippen MR) is 106 cm³/mol. The lowest BCUT2D eigenvalue weighted by Gasteiger charge is -2.14. The van der Waals surface area contributed by atoms with Crippen LogP contribution in [0.15, 0.2) is 27.8 Å². The number of benzene rings is 1. The van der Waals surface area contributed by atoms with Crippen molar-refractivity contribution < 1.29 is 9.21 Å². The first-order chi connectivity index (χ1) is 12.5. The van der Waals surface area contributed by atoms with Crippen molar-refractivity contribution in [3.8, 4) is 11.5 Å². The first kappa shape index (κ1) is 20.5. The molecule has 142 valence electrons. The summed E-state index contributed by atoms with van der Waals surface area (Å²) in [7, 11) is 0. The van der Waals surface area contributed by atoms with Gasteiger partial charge in [0, 0.05) is 12.1 Å². The molecule has 0 aliphatic rings. The van der Waals surface area contributed by atoms with Crippen LogP contribution in [-0.4, -0.2) is 28.4 Å². The van der Waals surface area contributed by atoms with E-state index in [9.17, 15) is 4.79 Å². The fourth-order valence-corrected chi connectivity index (χ4v) is 3.23. The highest BCUT2D eigenvalue weighted by Crippen LogP contribution is 2.24. The lowest BCUT2D eigenvalue weighted by Crippen LogP contribution is -2.30. The van der Waals surface area contributed by atoms with E-state index in [0.29, 0.717) is 22.8 Å². The van der Waals surface area contributed by atoms with Crippen LogP contribution in [0.2, 0.25) is 0 Å². The molecule has 0 aliphatic heterocycles. The molecule has 1 N–H and O–H groups in total. The van der Waals surface area contributed by atoms with Gasteiger partial charge >= 0.3 is 0 Å². The van der Waals surface area contributed by atoms with E-state index in [1.54, 1.807) is 0 Å². The molecule has 6 heteroatoms. The summed E-state index contributed by atoms with van der Waals surface area (Å²) >= 11 is 1.28. The lowest BCUT2D eigenvalue weighted by atomic mass is 9.99. The van der Waals surface area contributed by atoms with Crippen LogP contribution in [0.1, 0.15) is 50.7 Å². The molecule has 2 rings (SSSR count). The molecule has 2 aromatic rings. The van der Waals surface area contributed by atoms with E-state index in [0.717, 1.165) is 18.5 Å². The molecular formula is C20H29N3O2S. The summed E-state index contributed by atoms with van der Waals surface area (Å²) in [5.74, 6) is 1.35. The van der Waals surface area contributed by atoms with Gasteiger partial charge in [-0.2, -0.15) is 0 Å². The molecule has 0 aliphatic carbocycles. The fraction of sp³-hybridized carbons (Fsp3) is 0.550. The maximum absolute atomic E-state index is 12.0. The van der Waals surface area contributed by atoms with E-state index in [4.69, 9.17) is 4.42 Å². The van der Waals surface area contributed by atoms with Gasteiger partial charge in [0.15, 0.2) is 0 Å². The maximum atomic E-state index is 12.0. The van der Waals surface area contributed by atoms with Gasteiger partial charge in [-0.15, -0.1) is 10.2 Å². The van der Waals surface area contributed by atoms with Crippen molar-refractivity contribution in [3.05, 3.63) is 29.3 Å². The monoisotopic (exact) mass is 375 g/mol. The highest BCUT2D eigenvalue weighted by Gasteiger charge is 2.13. The topological polar surface area (TPSA) is 68.0 Å². The third kappa shape index (κ3) is 6.16. The third-order valence-corrected chi connectivity index (χ3v) is 5.44. The molecule has 1 aromatic carbocycles. The van der Waals surface area contributed by atoms with Crippen LogP contribution in [-0.2, 0) is 4.79 Å². The van der Waals surface area contributed by atoms with Gasteiger partial charge in [0.25, 0.3) is 5.22 Å². The molecule has 26 heavy (non-hydrogen) atoms. The molecule has 0 saturated heterocycles. The van der Waals surface area contributed by atoms with Crippen LogP contribution in [0.25, 0.3) is 11.5 Å². The molecule has 0 radical (unpaired) electrons. The minimum absolute atomic E-state index is 0.0101. The molecular weight excluding hydrogens is 346 g/mol. The van der Waals surface area contributed by atoms with Crippen molar-refractivity contribution in [1.82, 2.24) is 15.5 Å². The Morgan fingerprint density at radius 1 is 1.23 bits per heavy atom. The predicted octanol–water partition coefficient (Wildman–Crippen LogP) is 4.78. The van der Waals surface area contributed by atoms with Gasteiger partial charge in [0.1, 0.15) is 0 Å². The van der Waals surface area contributed by atoms with Gasteiger partial charge < -0.3 is 9.73 Å². The van der Waals surface area contributed by atoms with Gasteiger partial charge in [-0.25, -0.2) is 0 Å². The summed E-state index contributed by atoms with van der Waals surface area (Å²) < 4.78 is 5.68. The van der Waals surface area contributed by atoms with Crippen molar-refractivity contribution in [2.75, 3.05) is 12.3 Å². The zero-order valence-corrected chi connectivity index (χ0v) is 17.0. The summed E-state index contributed by atoms with van der Waals surface area (Å²) in [6.45, 7) is 9.23. The number of hydrogen-bond donors (Lipinski definition) is 1. The Labute approximate surface area is 160 Å². The lowest BCUT2D eigenvalue weighted by molar-refractivity contribution is -0.118. The van der Waals surface area contributed by atoms with Crippen LogP contribution in [0.5, 0.6) is 0 Å². The van der Waals surface area contributed by atoms with Crippen molar-refractivity contribution in [2.24, 2.45) is 5.92 Å². The molecule has 5 nitrogen and oxygen atoms in total. The molecule has 0 bridgehead atoms. The smallest absolute Gasteiger partial charge is 0.277 e. The van der Waals surface area contributed by atoms with Crippen LogP contribution in [0, 0.1) is 19.8 Å². The maximum Gasteiger partial charge on any atom is 0.277 e. The minimum Gasteiger partial charge on any atom is -0.411 e. The Hall–Kier alpha value is -1.82. The molecule has 1 aromatic heterocycles. The summed E-state index contributed by atoms with van der Waals surface area (Å²) in [6.07, 6.45) is 4.67. The van der Waals surface area contributed by atoms with Gasteiger partial charge in [0.2, 0.25) is 11.8 Å². The quantitative estimate of drug-likeness (QED) is 0.605. The molecule has 0 unspecified atom stereocenters. The largest absolute Gasteiger partial charge is 0.411 e. The van der Waals surface area contributed by atoms with Gasteiger partial charge in [-0.3, -0.25) is 4.79 Å². The van der Waals surface area contributed by atoms with Gasteiger partial charge in [-0.05, 0) is 49.4 Å². The highest BCUT2D eigenvalue weighted by atomic mass is 32.2. The number of aryl methyl sites for hydroxylation is 2. The van der Waals surface area contributed by atoms with Crippen molar-refractivity contribution >= 4 is 17.7 Å². The number of carbonyl (C=O) groups is 1. The van der Waals surface area contributed by atoms with E-state index >= 15 is 0 Å². The van der Waals surface area contributed by atoms with E-state index in [1.165, 1.54) is 42.2 Å². The van der Waals surface area contributed by atoms with Crippen molar-refractivity contribution in [3.63, 3.8) is 0 Å². The Morgan fingerprint density at radius 2 is 2.04 bits per heavy atom. The van der Waals surface area contributed by atoms with E-state index in [-0.39, 0.29) is 5.91 Å². The highest BCUT2D eigenvalue weighted by molar-refractivity contribution is 7.99. The van der Waals surface area contributed by atoms with Crippen LogP contribution in [0.3, 0.4) is 0 Å². The first-order valence-electron chi connectivity index (χ1n) is 9.34. The molecule has 1 atom stereocenters. The average molecular weight is 376 g/mol. The molecule has 0 spiro atoms. The number of nitrogens with one attached hydrogen (secondary N) is 1. The summed E-state index contributed by atoms with van der Waals surface area (Å²) in [6, 6.07) is 6.04. The Balaban J connectivity index is 1.81. The Bertz CT molecular complexity index is 715. The second-order valence-corrected chi connectivity index (χ2v) is 7.61. The number of hydrogen-bond acceptors (Lipinski definition) is 5. The van der Waals surface area contributed by atoms with Crippen molar-refractivity contribution in [2.45, 2.75) is 58.6 Å². The zero-order chi connectivity index (χ0) is 18.9. The third-order valence-electron chi connectivity index (χ3n) is 4.62. The first-order valence-corrected chi connectivity index (χ1v) is 10.3. The van der Waals surface area contributed by atoms with E-state index in [2.05, 4.69) is 43.2 Å². The number of aromatic nitrogens is 2. The number of unbranched alkanes of at least 4 members (excludes halogenated alkanes) is 1. The van der Waals surface area contributed by atoms with Crippen molar-refractivity contribution in [1.29, 1.82) is 0 Å². The summed E-state index contributed by atoms with van der Waals surface area (Å²) in [4.78, 5) is 12.0. The number of thioether (sulfide) groups is 1. The summed E-state index contributed by atoms with van der Waals surface area (Å²) in [5.41, 5.74) is 3.31. The normalized spacial score (nSPS) is 12.2. The Morgan fingerprint density at radius 3 is 2.73 bits per heavy atom. The minimum atomic E-state index is 0.0101. The van der Waals surface area contributed by atoms with Crippen LogP contribution < -0.4 is 5.32 Å². The zero-order valence-electron chi connectivity index (χ0n) is 16.2. The number of carbonyl (C=O) groups excluding carboxylic acids is 1. The fourth-order valence-electron chi connectivity index (χ4n) is 2.64. The second kappa shape index (κ2) is 10.4. The molecule has 1 amide bonds. The average Bonchev–Trinajstić information content (AvgIpc) is 3.11. The number of nitrogens with zero attached hydrogens (tertiary/aromatic N) is 2. The molecule has 0 saturated carbocycles. The standard InChI is InChI=1S/C20H29N3O2S/c1-5-7-8-16(6-2)12-21-18(24)13-26-20-23-22-19(25-20)17-10-9-14(3)15(4)11-17/h9-11,16H,5-8,12-13H2,1-4H3,(H,21,24)/t16-/m0/s1. The second-order valence-electron chi connectivity index (χ2n) is 6.68. The SMILES string of the molecule is CCCC[C@H](CC)CNC(=O)CSc1nnc(-c2ccc(C)c(C)c2)o1. The van der Waals surface area contributed by atoms with Crippen LogP contribution in [0.4, 0.5) is 0 Å². The van der Waals surface area contributed by atoms with E-state index < -0.39 is 0 Å².